The summed E-state index contributed by atoms with van der Waals surface area (Å²) >= 11 is 0. The number of esters is 1. The van der Waals surface area contributed by atoms with Crippen LogP contribution in [0.25, 0.3) is 0 Å². The quantitative estimate of drug-likeness (QED) is 0.820. The molecule has 18 heavy (non-hydrogen) atoms. The third-order valence-corrected chi connectivity index (χ3v) is 2.32. The molecule has 1 heterocycles. The number of carbonyl (C=O) groups is 1. The van der Waals surface area contributed by atoms with Gasteiger partial charge in [-0.05, 0) is 12.1 Å². The second-order valence-electron chi connectivity index (χ2n) is 3.34. The minimum absolute atomic E-state index is 0.129. The normalized spacial score (nSPS) is 14.8. The maximum atomic E-state index is 11.2. The highest BCUT2D eigenvalue weighted by Gasteiger charge is 2.20. The number of methoxy groups -OCH3 is 1. The molecule has 1 N–H and O–H groups in total. The summed E-state index contributed by atoms with van der Waals surface area (Å²) in [6, 6.07) is 4.60. The van der Waals surface area contributed by atoms with Gasteiger partial charge < -0.3 is 19.3 Å². The summed E-state index contributed by atoms with van der Waals surface area (Å²) in [6.45, 7) is 5.06. The van der Waals surface area contributed by atoms with E-state index >= 15 is 0 Å². The predicted molar refractivity (Wildman–Crippen MR) is 65.4 cm³/mol. The van der Waals surface area contributed by atoms with Gasteiger partial charge in [-0.3, -0.25) is 0 Å². The lowest BCUT2D eigenvalue weighted by Crippen LogP contribution is -2.03. The smallest absolute Gasteiger partial charge is 0.341 e. The Morgan fingerprint density at radius 3 is 2.44 bits per heavy atom. The van der Waals surface area contributed by atoms with Gasteiger partial charge in [0.1, 0.15) is 11.3 Å². The van der Waals surface area contributed by atoms with Crippen LogP contribution in [0.1, 0.15) is 36.1 Å². The van der Waals surface area contributed by atoms with Crippen LogP contribution < -0.4 is 0 Å². The molecule has 0 unspecified atom stereocenters. The van der Waals surface area contributed by atoms with Crippen molar-refractivity contribution in [2.24, 2.45) is 0 Å². The van der Waals surface area contributed by atoms with Crippen molar-refractivity contribution in [1.29, 1.82) is 0 Å². The van der Waals surface area contributed by atoms with Crippen LogP contribution in [0.3, 0.4) is 0 Å². The maximum Gasteiger partial charge on any atom is 0.341 e. The van der Waals surface area contributed by atoms with Gasteiger partial charge in [0, 0.05) is 5.56 Å². The molecule has 100 valence electrons. The van der Waals surface area contributed by atoms with Gasteiger partial charge in [0.15, 0.2) is 6.29 Å². The van der Waals surface area contributed by atoms with Gasteiger partial charge in [-0.25, -0.2) is 4.79 Å². The summed E-state index contributed by atoms with van der Waals surface area (Å²) in [4.78, 5) is 11.2. The number of hydrogen-bond acceptors (Lipinski definition) is 5. The summed E-state index contributed by atoms with van der Waals surface area (Å²) in [6.07, 6.45) is -0.461. The van der Waals surface area contributed by atoms with E-state index in [1.807, 2.05) is 13.8 Å². The van der Waals surface area contributed by atoms with Crippen LogP contribution >= 0.6 is 0 Å². The number of phenolic OH excluding ortho intramolecular Hbond substituents is 1. The molecule has 0 saturated carbocycles. The number of benzene rings is 1. The Hall–Kier alpha value is -1.59. The third kappa shape index (κ3) is 3.21. The number of rotatable bonds is 2. The fourth-order valence-corrected chi connectivity index (χ4v) is 1.53. The molecule has 1 saturated heterocycles. The second-order valence-corrected chi connectivity index (χ2v) is 3.34. The Kier molecular flexibility index (Phi) is 5.61. The predicted octanol–water partition coefficient (Wildman–Crippen LogP) is 2.25. The molecular weight excluding hydrogens is 236 g/mol. The van der Waals surface area contributed by atoms with Gasteiger partial charge in [0.2, 0.25) is 0 Å². The summed E-state index contributed by atoms with van der Waals surface area (Å²) < 4.78 is 15.1. The van der Waals surface area contributed by atoms with Crippen LogP contribution in [-0.2, 0) is 14.2 Å². The van der Waals surface area contributed by atoms with Crippen LogP contribution in [0.5, 0.6) is 5.75 Å². The van der Waals surface area contributed by atoms with Gasteiger partial charge in [-0.15, -0.1) is 0 Å². The molecule has 0 spiro atoms. The van der Waals surface area contributed by atoms with Crippen molar-refractivity contribution in [3.8, 4) is 5.75 Å². The zero-order valence-electron chi connectivity index (χ0n) is 10.8. The highest BCUT2D eigenvalue weighted by atomic mass is 16.7. The van der Waals surface area contributed by atoms with E-state index in [0.717, 1.165) is 0 Å². The highest BCUT2D eigenvalue weighted by Crippen LogP contribution is 2.28. The summed E-state index contributed by atoms with van der Waals surface area (Å²) in [5.74, 6) is -0.708. The molecule has 1 aliphatic rings. The topological polar surface area (TPSA) is 65.0 Å². The Morgan fingerprint density at radius 1 is 1.33 bits per heavy atom. The van der Waals surface area contributed by atoms with Crippen molar-refractivity contribution in [3.05, 3.63) is 29.3 Å². The Balaban J connectivity index is 0.000000771. The highest BCUT2D eigenvalue weighted by molar-refractivity contribution is 5.92. The SMILES string of the molecule is CC.COC(=O)c1ccc(C2OCCO2)cc1O. The molecule has 0 atom stereocenters. The first-order valence-electron chi connectivity index (χ1n) is 5.87. The lowest BCUT2D eigenvalue weighted by molar-refractivity contribution is -0.0442. The van der Waals surface area contributed by atoms with E-state index < -0.39 is 12.3 Å². The van der Waals surface area contributed by atoms with Crippen molar-refractivity contribution in [3.63, 3.8) is 0 Å². The van der Waals surface area contributed by atoms with Gasteiger partial charge in [0.05, 0.1) is 20.3 Å². The summed E-state index contributed by atoms with van der Waals surface area (Å²) in [5, 5.41) is 9.64. The summed E-state index contributed by atoms with van der Waals surface area (Å²) in [7, 11) is 1.26. The molecule has 5 heteroatoms. The van der Waals surface area contributed by atoms with E-state index in [1.54, 1.807) is 6.07 Å². The molecule has 0 bridgehead atoms. The minimum atomic E-state index is -0.572. The zero-order valence-corrected chi connectivity index (χ0v) is 10.8. The molecule has 2 rings (SSSR count). The Labute approximate surface area is 106 Å². The van der Waals surface area contributed by atoms with Crippen molar-refractivity contribution >= 4 is 5.97 Å². The van der Waals surface area contributed by atoms with Gasteiger partial charge in [-0.2, -0.15) is 0 Å². The van der Waals surface area contributed by atoms with Crippen LogP contribution in [0.15, 0.2) is 18.2 Å². The van der Waals surface area contributed by atoms with Gasteiger partial charge in [-0.1, -0.05) is 19.9 Å². The molecule has 0 amide bonds. The standard InChI is InChI=1S/C11H12O5.C2H6/c1-14-10(13)8-3-2-7(6-9(8)12)11-15-4-5-16-11;1-2/h2-3,6,11-12H,4-5H2,1H3;1-2H3. The molecule has 1 aliphatic heterocycles. The van der Waals surface area contributed by atoms with E-state index in [1.165, 1.54) is 19.2 Å². The molecule has 0 aliphatic carbocycles. The largest absolute Gasteiger partial charge is 0.507 e. The van der Waals surface area contributed by atoms with E-state index in [4.69, 9.17) is 9.47 Å². The van der Waals surface area contributed by atoms with Crippen LogP contribution in [-0.4, -0.2) is 31.4 Å². The summed E-state index contributed by atoms with van der Waals surface area (Å²) in [5.41, 5.74) is 0.812. The molecule has 1 aromatic rings. The van der Waals surface area contributed by atoms with Crippen LogP contribution in [0.2, 0.25) is 0 Å². The fraction of sp³-hybridized carbons (Fsp3) is 0.462. The number of aromatic hydroxyl groups is 1. The van der Waals surface area contributed by atoms with Crippen LogP contribution in [0.4, 0.5) is 0 Å². The average Bonchev–Trinajstić information content (AvgIpc) is 2.94. The third-order valence-electron chi connectivity index (χ3n) is 2.32. The Morgan fingerprint density at radius 2 is 1.94 bits per heavy atom. The van der Waals surface area contributed by atoms with E-state index in [0.29, 0.717) is 18.8 Å². The molecule has 1 aromatic carbocycles. The number of phenols is 1. The molecule has 0 aromatic heterocycles. The Bertz CT molecular complexity index is 396. The lowest BCUT2D eigenvalue weighted by atomic mass is 10.1. The first kappa shape index (κ1) is 14.5. The second kappa shape index (κ2) is 6.98. The van der Waals surface area contributed by atoms with E-state index in [-0.39, 0.29) is 11.3 Å². The number of hydrogen-bond donors (Lipinski definition) is 1. The number of carbonyl (C=O) groups excluding carboxylic acids is 1. The van der Waals surface area contributed by atoms with Gasteiger partial charge in [0.25, 0.3) is 0 Å². The first-order chi connectivity index (χ1) is 8.72. The molecule has 5 nitrogen and oxygen atoms in total. The molecule has 1 fully saturated rings. The molecular formula is C13H18O5. The average molecular weight is 254 g/mol. The monoisotopic (exact) mass is 254 g/mol. The van der Waals surface area contributed by atoms with E-state index in [2.05, 4.69) is 4.74 Å². The fourth-order valence-electron chi connectivity index (χ4n) is 1.53. The van der Waals surface area contributed by atoms with Crippen LogP contribution in [0, 0.1) is 0 Å². The van der Waals surface area contributed by atoms with Crippen molar-refractivity contribution < 1.29 is 24.1 Å². The van der Waals surface area contributed by atoms with E-state index in [9.17, 15) is 9.90 Å². The zero-order chi connectivity index (χ0) is 13.5. The van der Waals surface area contributed by atoms with Crippen molar-refractivity contribution in [1.82, 2.24) is 0 Å². The van der Waals surface area contributed by atoms with Gasteiger partial charge >= 0.3 is 5.97 Å². The minimum Gasteiger partial charge on any atom is -0.507 e. The first-order valence-corrected chi connectivity index (χ1v) is 5.87. The molecule has 0 radical (unpaired) electrons. The maximum absolute atomic E-state index is 11.2. The van der Waals surface area contributed by atoms with Crippen molar-refractivity contribution in [2.45, 2.75) is 20.1 Å². The number of ether oxygens (including phenoxy) is 3. The lowest BCUT2D eigenvalue weighted by Gasteiger charge is -2.10. The van der Waals surface area contributed by atoms with Crippen molar-refractivity contribution in [2.75, 3.05) is 20.3 Å².